The van der Waals surface area contributed by atoms with Crippen molar-refractivity contribution < 1.29 is 23.5 Å². The lowest BCUT2D eigenvalue weighted by Gasteiger charge is -2.49. The normalized spacial score (nSPS) is 22.5. The van der Waals surface area contributed by atoms with Gasteiger partial charge < -0.3 is 23.9 Å². The summed E-state index contributed by atoms with van der Waals surface area (Å²) in [6.45, 7) is 4.55. The number of esters is 1. The SMILES string of the molecule is CCOC(=O)C1=C(N2CCN(C(=O)c3ccco3)CC2)C2CCCCC2N(Cc2ccccc2)C1=O. The summed E-state index contributed by atoms with van der Waals surface area (Å²) in [7, 11) is 0. The van der Waals surface area contributed by atoms with E-state index in [0.717, 1.165) is 36.9 Å². The fraction of sp³-hybridized carbons (Fsp3) is 0.464. The number of carbonyl (C=O) groups excluding carboxylic acids is 3. The Hall–Kier alpha value is -3.55. The number of hydrogen-bond acceptors (Lipinski definition) is 6. The van der Waals surface area contributed by atoms with E-state index in [2.05, 4.69) is 4.90 Å². The van der Waals surface area contributed by atoms with E-state index in [1.165, 1.54) is 6.26 Å². The van der Waals surface area contributed by atoms with Crippen LogP contribution >= 0.6 is 0 Å². The first-order valence-corrected chi connectivity index (χ1v) is 12.9. The lowest BCUT2D eigenvalue weighted by molar-refractivity contribution is -0.145. The number of rotatable bonds is 6. The fourth-order valence-electron chi connectivity index (χ4n) is 5.86. The molecule has 2 aliphatic heterocycles. The molecular formula is C28H33N3O5. The molecular weight excluding hydrogens is 458 g/mol. The van der Waals surface area contributed by atoms with Crippen molar-refractivity contribution >= 4 is 17.8 Å². The van der Waals surface area contributed by atoms with Gasteiger partial charge in [-0.15, -0.1) is 0 Å². The van der Waals surface area contributed by atoms with Crippen LogP contribution in [0.15, 0.2) is 64.4 Å². The Kier molecular flexibility index (Phi) is 7.11. The molecule has 0 bridgehead atoms. The summed E-state index contributed by atoms with van der Waals surface area (Å²) in [5, 5.41) is 0. The Balaban J connectivity index is 1.45. The standard InChI is InChI=1S/C28H33N3O5/c1-2-35-28(34)24-25(29-14-16-30(17-15-29)26(32)23-13-8-18-36-23)21-11-6-7-12-22(21)31(27(24)33)19-20-9-4-3-5-10-20/h3-5,8-10,13,18,21-22H,2,6-7,11-12,14-17,19H2,1H3. The average molecular weight is 492 g/mol. The number of piperazine rings is 1. The maximum atomic E-state index is 13.9. The van der Waals surface area contributed by atoms with E-state index >= 15 is 0 Å². The van der Waals surface area contributed by atoms with Crippen LogP contribution in [0, 0.1) is 5.92 Å². The predicted molar refractivity (Wildman–Crippen MR) is 133 cm³/mol. The van der Waals surface area contributed by atoms with Gasteiger partial charge in [-0.1, -0.05) is 43.2 Å². The molecule has 8 heteroatoms. The van der Waals surface area contributed by atoms with E-state index in [-0.39, 0.29) is 36.0 Å². The van der Waals surface area contributed by atoms with Crippen molar-refractivity contribution in [3.63, 3.8) is 0 Å². The molecule has 2 atom stereocenters. The molecule has 2 unspecified atom stereocenters. The smallest absolute Gasteiger partial charge is 0.345 e. The number of ether oxygens (including phenoxy) is 1. The maximum absolute atomic E-state index is 13.9. The number of benzene rings is 1. The van der Waals surface area contributed by atoms with Crippen LogP contribution in [0.25, 0.3) is 0 Å². The first kappa shape index (κ1) is 24.2. The van der Waals surface area contributed by atoms with Crippen molar-refractivity contribution in [3.8, 4) is 0 Å². The van der Waals surface area contributed by atoms with Crippen LogP contribution in [0.2, 0.25) is 0 Å². The van der Waals surface area contributed by atoms with Crippen LogP contribution in [0.1, 0.15) is 48.7 Å². The van der Waals surface area contributed by atoms with Crippen LogP contribution in [0.4, 0.5) is 0 Å². The molecule has 1 saturated carbocycles. The van der Waals surface area contributed by atoms with E-state index in [0.29, 0.717) is 38.5 Å². The van der Waals surface area contributed by atoms with Gasteiger partial charge in [-0.25, -0.2) is 4.79 Å². The van der Waals surface area contributed by atoms with Crippen LogP contribution in [0.3, 0.4) is 0 Å². The highest BCUT2D eigenvalue weighted by Gasteiger charge is 2.47. The highest BCUT2D eigenvalue weighted by molar-refractivity contribution is 6.17. The monoisotopic (exact) mass is 491 g/mol. The van der Waals surface area contributed by atoms with Gasteiger partial charge in [-0.05, 0) is 37.5 Å². The first-order chi connectivity index (χ1) is 17.6. The molecule has 0 spiro atoms. The van der Waals surface area contributed by atoms with Crippen LogP contribution < -0.4 is 0 Å². The van der Waals surface area contributed by atoms with Gasteiger partial charge in [0.2, 0.25) is 0 Å². The molecule has 2 amide bonds. The summed E-state index contributed by atoms with van der Waals surface area (Å²) < 4.78 is 10.7. The Labute approximate surface area is 211 Å². The van der Waals surface area contributed by atoms with Gasteiger partial charge in [0, 0.05) is 50.4 Å². The van der Waals surface area contributed by atoms with E-state index in [1.54, 1.807) is 24.0 Å². The molecule has 0 radical (unpaired) electrons. The quantitative estimate of drug-likeness (QED) is 0.455. The van der Waals surface area contributed by atoms with Gasteiger partial charge in [0.05, 0.1) is 12.9 Å². The Morgan fingerprint density at radius 3 is 2.44 bits per heavy atom. The summed E-state index contributed by atoms with van der Waals surface area (Å²) >= 11 is 0. The average Bonchev–Trinajstić information content (AvgIpc) is 3.45. The van der Waals surface area contributed by atoms with Crippen molar-refractivity contribution in [1.29, 1.82) is 0 Å². The second-order valence-electron chi connectivity index (χ2n) is 9.61. The van der Waals surface area contributed by atoms with E-state index in [1.807, 2.05) is 35.2 Å². The molecule has 1 aliphatic carbocycles. The fourth-order valence-corrected chi connectivity index (χ4v) is 5.86. The van der Waals surface area contributed by atoms with Crippen LogP contribution in [-0.4, -0.2) is 71.3 Å². The van der Waals surface area contributed by atoms with Crippen molar-refractivity contribution in [2.24, 2.45) is 5.92 Å². The van der Waals surface area contributed by atoms with Crippen molar-refractivity contribution in [3.05, 3.63) is 71.3 Å². The summed E-state index contributed by atoms with van der Waals surface area (Å²) in [6, 6.07) is 13.4. The lowest BCUT2D eigenvalue weighted by atomic mass is 9.76. The largest absolute Gasteiger partial charge is 0.462 e. The molecule has 8 nitrogen and oxygen atoms in total. The Morgan fingerprint density at radius 1 is 1.00 bits per heavy atom. The zero-order valence-corrected chi connectivity index (χ0v) is 20.7. The first-order valence-electron chi connectivity index (χ1n) is 12.9. The highest BCUT2D eigenvalue weighted by atomic mass is 16.5. The summed E-state index contributed by atoms with van der Waals surface area (Å²) in [5.74, 6) is -0.528. The second kappa shape index (κ2) is 10.6. The summed E-state index contributed by atoms with van der Waals surface area (Å²) in [5.41, 5.74) is 2.03. The minimum atomic E-state index is -0.548. The Bertz CT molecular complexity index is 1120. The van der Waals surface area contributed by atoms with Crippen molar-refractivity contribution in [2.45, 2.75) is 45.2 Å². The molecule has 1 aromatic carbocycles. The van der Waals surface area contributed by atoms with E-state index in [4.69, 9.17) is 9.15 Å². The number of hydrogen-bond donors (Lipinski definition) is 0. The minimum Gasteiger partial charge on any atom is -0.462 e. The van der Waals surface area contributed by atoms with Crippen molar-refractivity contribution in [2.75, 3.05) is 32.8 Å². The molecule has 190 valence electrons. The number of nitrogens with zero attached hydrogens (tertiary/aromatic N) is 3. The summed E-state index contributed by atoms with van der Waals surface area (Å²) in [4.78, 5) is 45.8. The second-order valence-corrected chi connectivity index (χ2v) is 9.61. The van der Waals surface area contributed by atoms with E-state index < -0.39 is 5.97 Å². The number of fused-ring (bicyclic) bond motifs is 1. The van der Waals surface area contributed by atoms with Crippen LogP contribution in [0.5, 0.6) is 0 Å². The third-order valence-corrected chi connectivity index (χ3v) is 7.53. The van der Waals surface area contributed by atoms with Gasteiger partial charge in [0.15, 0.2) is 5.76 Å². The molecule has 0 N–H and O–H groups in total. The third kappa shape index (κ3) is 4.64. The zero-order chi connectivity index (χ0) is 25.1. The van der Waals surface area contributed by atoms with Gasteiger partial charge >= 0.3 is 5.97 Å². The topological polar surface area (TPSA) is 83.3 Å². The molecule has 1 saturated heterocycles. The van der Waals surface area contributed by atoms with Gasteiger partial charge in [0.1, 0.15) is 5.57 Å². The number of amides is 2. The van der Waals surface area contributed by atoms with Crippen molar-refractivity contribution in [1.82, 2.24) is 14.7 Å². The van der Waals surface area contributed by atoms with E-state index in [9.17, 15) is 14.4 Å². The summed E-state index contributed by atoms with van der Waals surface area (Å²) in [6.07, 6.45) is 5.46. The molecule has 1 aromatic heterocycles. The molecule has 36 heavy (non-hydrogen) atoms. The molecule has 3 aliphatic rings. The number of carbonyl (C=O) groups is 3. The minimum absolute atomic E-state index is 0.0439. The predicted octanol–water partition coefficient (Wildman–Crippen LogP) is 3.46. The lowest BCUT2D eigenvalue weighted by Crippen LogP contribution is -2.57. The molecule has 5 rings (SSSR count). The Morgan fingerprint density at radius 2 is 1.75 bits per heavy atom. The van der Waals surface area contributed by atoms with Crippen LogP contribution in [-0.2, 0) is 20.9 Å². The number of furan rings is 1. The maximum Gasteiger partial charge on any atom is 0.345 e. The van der Waals surface area contributed by atoms with Gasteiger partial charge in [-0.2, -0.15) is 0 Å². The van der Waals surface area contributed by atoms with Gasteiger partial charge in [0.25, 0.3) is 11.8 Å². The molecule has 2 fully saturated rings. The zero-order valence-electron chi connectivity index (χ0n) is 20.7. The molecule has 3 heterocycles. The third-order valence-electron chi connectivity index (χ3n) is 7.53. The van der Waals surface area contributed by atoms with Gasteiger partial charge in [-0.3, -0.25) is 9.59 Å². The molecule has 2 aromatic rings. The highest BCUT2D eigenvalue weighted by Crippen LogP contribution is 2.42.